The topological polar surface area (TPSA) is 21.3 Å². The van der Waals surface area contributed by atoms with Crippen molar-refractivity contribution in [3.8, 4) is 5.75 Å². The van der Waals surface area contributed by atoms with Gasteiger partial charge in [-0.3, -0.25) is 0 Å². The molecule has 20 heavy (non-hydrogen) atoms. The van der Waals surface area contributed by atoms with Gasteiger partial charge in [0.1, 0.15) is 5.75 Å². The van der Waals surface area contributed by atoms with Crippen molar-refractivity contribution in [3.63, 3.8) is 0 Å². The van der Waals surface area contributed by atoms with Crippen molar-refractivity contribution < 1.29 is 17.9 Å². The third kappa shape index (κ3) is 6.01. The lowest BCUT2D eigenvalue weighted by atomic mass is 10.0. The van der Waals surface area contributed by atoms with Gasteiger partial charge >= 0.3 is 6.18 Å². The van der Waals surface area contributed by atoms with Crippen LogP contribution in [-0.4, -0.2) is 18.3 Å². The van der Waals surface area contributed by atoms with Gasteiger partial charge in [-0.25, -0.2) is 0 Å². The number of rotatable bonds is 4. The largest absolute Gasteiger partial charge is 0.484 e. The number of nitrogens with one attached hydrogen (secondary N) is 1. The molecule has 2 nitrogen and oxygen atoms in total. The Morgan fingerprint density at radius 1 is 1.25 bits per heavy atom. The molecule has 0 amide bonds. The molecule has 6 heteroatoms. The summed E-state index contributed by atoms with van der Waals surface area (Å²) in [5.74, 6) is 0.110. The maximum absolute atomic E-state index is 12.1. The molecule has 0 aliphatic rings. The van der Waals surface area contributed by atoms with Crippen molar-refractivity contribution in [3.05, 3.63) is 28.8 Å². The summed E-state index contributed by atoms with van der Waals surface area (Å²) in [6.07, 6.45) is -4.35. The molecule has 0 saturated heterocycles. The van der Waals surface area contributed by atoms with Crippen LogP contribution in [0.25, 0.3) is 0 Å². The predicted molar refractivity (Wildman–Crippen MR) is 74.3 cm³/mol. The third-order valence-electron chi connectivity index (χ3n) is 2.49. The smallest absolute Gasteiger partial charge is 0.422 e. The summed E-state index contributed by atoms with van der Waals surface area (Å²) in [6.45, 7) is 6.70. The van der Waals surface area contributed by atoms with E-state index in [1.807, 2.05) is 27.7 Å². The van der Waals surface area contributed by atoms with Crippen LogP contribution in [0.4, 0.5) is 13.2 Å². The number of halogens is 4. The van der Waals surface area contributed by atoms with E-state index in [1.165, 1.54) is 12.1 Å². The molecule has 114 valence electrons. The van der Waals surface area contributed by atoms with E-state index in [0.29, 0.717) is 5.02 Å². The predicted octanol–water partition coefficient (Wildman–Crippen LogP) is 4.73. The first-order valence-corrected chi connectivity index (χ1v) is 6.62. The molecule has 0 saturated carbocycles. The fourth-order valence-corrected chi connectivity index (χ4v) is 2.18. The lowest BCUT2D eigenvalue weighted by Gasteiger charge is -2.27. The molecule has 0 aliphatic carbocycles. The van der Waals surface area contributed by atoms with E-state index in [-0.39, 0.29) is 17.3 Å². The van der Waals surface area contributed by atoms with Crippen LogP contribution in [0, 0.1) is 0 Å². The van der Waals surface area contributed by atoms with E-state index < -0.39 is 12.8 Å². The zero-order valence-corrected chi connectivity index (χ0v) is 12.7. The maximum atomic E-state index is 12.1. The summed E-state index contributed by atoms with van der Waals surface area (Å²) >= 11 is 6.10. The summed E-state index contributed by atoms with van der Waals surface area (Å²) in [5.41, 5.74) is 0.731. The molecular formula is C14H19ClF3NO. The van der Waals surface area contributed by atoms with Crippen molar-refractivity contribution in [1.29, 1.82) is 0 Å². The molecule has 0 fully saturated rings. The summed E-state index contributed by atoms with van der Waals surface area (Å²) in [7, 11) is 0. The van der Waals surface area contributed by atoms with Crippen molar-refractivity contribution in [2.75, 3.05) is 6.61 Å². The second-order valence-electron chi connectivity index (χ2n) is 5.70. The van der Waals surface area contributed by atoms with Crippen molar-refractivity contribution >= 4 is 11.6 Å². The van der Waals surface area contributed by atoms with Gasteiger partial charge < -0.3 is 10.1 Å². The molecule has 1 aromatic carbocycles. The Balaban J connectivity index is 2.78. The molecule has 1 rings (SSSR count). The fourth-order valence-electron chi connectivity index (χ4n) is 1.84. The summed E-state index contributed by atoms with van der Waals surface area (Å²) in [6, 6.07) is 4.56. The minimum absolute atomic E-state index is 0.0147. The maximum Gasteiger partial charge on any atom is 0.422 e. The standard InChI is InChI=1S/C14H19ClF3NO/c1-9(19-13(2,3)4)11-6-5-10(7-12(11)15)20-8-14(16,17)18/h5-7,9,19H,8H2,1-4H3. The van der Waals surface area contributed by atoms with E-state index in [1.54, 1.807) is 6.07 Å². The van der Waals surface area contributed by atoms with Crippen LogP contribution in [0.3, 0.4) is 0 Å². The molecule has 0 bridgehead atoms. The summed E-state index contributed by atoms with van der Waals surface area (Å²) < 4.78 is 40.9. The van der Waals surface area contributed by atoms with Gasteiger partial charge in [0.15, 0.2) is 6.61 Å². The zero-order chi connectivity index (χ0) is 15.6. The Hall–Kier alpha value is -0.940. The first-order valence-electron chi connectivity index (χ1n) is 6.25. The van der Waals surface area contributed by atoms with Crippen LogP contribution >= 0.6 is 11.6 Å². The fraction of sp³-hybridized carbons (Fsp3) is 0.571. The number of hydrogen-bond acceptors (Lipinski definition) is 2. The number of hydrogen-bond donors (Lipinski definition) is 1. The molecule has 1 atom stereocenters. The average molecular weight is 310 g/mol. The first-order chi connectivity index (χ1) is 8.98. The van der Waals surface area contributed by atoms with Crippen molar-refractivity contribution in [2.24, 2.45) is 0 Å². The molecule has 0 aliphatic heterocycles. The van der Waals surface area contributed by atoms with Gasteiger partial charge in [0.05, 0.1) is 0 Å². The molecule has 0 heterocycles. The van der Waals surface area contributed by atoms with Crippen LogP contribution in [0.5, 0.6) is 5.75 Å². The lowest BCUT2D eigenvalue weighted by molar-refractivity contribution is -0.153. The van der Waals surface area contributed by atoms with E-state index in [4.69, 9.17) is 11.6 Å². The number of ether oxygens (including phenoxy) is 1. The Kier molecular flexibility index (Phi) is 5.33. The average Bonchev–Trinajstić information content (AvgIpc) is 2.22. The third-order valence-corrected chi connectivity index (χ3v) is 2.82. The SMILES string of the molecule is CC(NC(C)(C)C)c1ccc(OCC(F)(F)F)cc1Cl. The van der Waals surface area contributed by atoms with Crippen molar-refractivity contribution in [2.45, 2.75) is 45.5 Å². The molecule has 1 unspecified atom stereocenters. The highest BCUT2D eigenvalue weighted by Crippen LogP contribution is 2.29. The van der Waals surface area contributed by atoms with Crippen LogP contribution in [0.2, 0.25) is 5.02 Å². The van der Waals surface area contributed by atoms with Gasteiger partial charge in [-0.1, -0.05) is 17.7 Å². The minimum atomic E-state index is -4.35. The summed E-state index contributed by atoms with van der Waals surface area (Å²) in [4.78, 5) is 0. The van der Waals surface area contributed by atoms with Crippen molar-refractivity contribution in [1.82, 2.24) is 5.32 Å². The van der Waals surface area contributed by atoms with Gasteiger partial charge in [-0.05, 0) is 45.4 Å². The molecule has 1 aromatic rings. The first kappa shape index (κ1) is 17.1. The van der Waals surface area contributed by atoms with Gasteiger partial charge in [0.2, 0.25) is 0 Å². The zero-order valence-electron chi connectivity index (χ0n) is 11.9. The second kappa shape index (κ2) is 6.22. The Bertz CT molecular complexity index is 455. The van der Waals surface area contributed by atoms with E-state index in [0.717, 1.165) is 5.56 Å². The van der Waals surface area contributed by atoms with Crippen LogP contribution in [-0.2, 0) is 0 Å². The van der Waals surface area contributed by atoms with Gasteiger partial charge in [-0.2, -0.15) is 13.2 Å². The van der Waals surface area contributed by atoms with E-state index in [9.17, 15) is 13.2 Å². The van der Waals surface area contributed by atoms with Gasteiger partial charge in [-0.15, -0.1) is 0 Å². The molecule has 1 N–H and O–H groups in total. The van der Waals surface area contributed by atoms with Crippen LogP contribution in [0.1, 0.15) is 39.3 Å². The highest BCUT2D eigenvalue weighted by molar-refractivity contribution is 6.31. The quantitative estimate of drug-likeness (QED) is 0.868. The molecule has 0 radical (unpaired) electrons. The van der Waals surface area contributed by atoms with Gasteiger partial charge in [0, 0.05) is 16.6 Å². The highest BCUT2D eigenvalue weighted by atomic mass is 35.5. The lowest BCUT2D eigenvalue weighted by Crippen LogP contribution is -2.37. The monoisotopic (exact) mass is 309 g/mol. The van der Waals surface area contributed by atoms with Crippen LogP contribution < -0.4 is 10.1 Å². The minimum Gasteiger partial charge on any atom is -0.484 e. The highest BCUT2D eigenvalue weighted by Gasteiger charge is 2.28. The van der Waals surface area contributed by atoms with Crippen LogP contribution in [0.15, 0.2) is 18.2 Å². The second-order valence-corrected chi connectivity index (χ2v) is 6.11. The van der Waals surface area contributed by atoms with E-state index >= 15 is 0 Å². The van der Waals surface area contributed by atoms with E-state index in [2.05, 4.69) is 10.1 Å². The molecule has 0 aromatic heterocycles. The molecule has 0 spiro atoms. The Morgan fingerprint density at radius 3 is 2.30 bits per heavy atom. The Morgan fingerprint density at radius 2 is 1.85 bits per heavy atom. The molecular weight excluding hydrogens is 291 g/mol. The summed E-state index contributed by atoms with van der Waals surface area (Å²) in [5, 5.41) is 3.73. The number of alkyl halides is 3. The number of benzene rings is 1. The Labute approximate surface area is 122 Å². The normalized spacial score (nSPS) is 14.2. The van der Waals surface area contributed by atoms with Gasteiger partial charge in [0.25, 0.3) is 0 Å².